The SMILES string of the molecule is CCN(C[C@@H](O)C(F)(F)F)C(=O)Nc1ccc(Oc2ccccc2F)cn1. The predicted octanol–water partition coefficient (Wildman–Crippen LogP) is 3.79. The van der Waals surface area contributed by atoms with Gasteiger partial charge in [-0.1, -0.05) is 12.1 Å². The number of anilines is 1. The van der Waals surface area contributed by atoms with Gasteiger partial charge in [0.15, 0.2) is 17.7 Å². The van der Waals surface area contributed by atoms with Gasteiger partial charge in [-0.2, -0.15) is 13.2 Å². The maximum Gasteiger partial charge on any atom is 0.416 e. The summed E-state index contributed by atoms with van der Waals surface area (Å²) < 4.78 is 56.1. The molecule has 2 amide bonds. The lowest BCUT2D eigenvalue weighted by molar-refractivity contribution is -0.206. The Morgan fingerprint density at radius 2 is 2.00 bits per heavy atom. The van der Waals surface area contributed by atoms with Crippen LogP contribution in [0.15, 0.2) is 42.6 Å². The highest BCUT2D eigenvalue weighted by molar-refractivity contribution is 5.88. The zero-order valence-corrected chi connectivity index (χ0v) is 14.2. The number of halogens is 4. The lowest BCUT2D eigenvalue weighted by Crippen LogP contribution is -2.45. The molecule has 0 aliphatic rings. The highest BCUT2D eigenvalue weighted by Crippen LogP contribution is 2.24. The van der Waals surface area contributed by atoms with Crippen molar-refractivity contribution in [3.8, 4) is 11.5 Å². The topological polar surface area (TPSA) is 74.7 Å². The summed E-state index contributed by atoms with van der Waals surface area (Å²) in [6.45, 7) is 0.523. The van der Waals surface area contributed by atoms with E-state index < -0.39 is 30.7 Å². The number of alkyl halides is 3. The van der Waals surface area contributed by atoms with E-state index in [1.165, 1.54) is 43.5 Å². The van der Waals surface area contributed by atoms with Gasteiger partial charge in [0.05, 0.1) is 12.7 Å². The van der Waals surface area contributed by atoms with E-state index in [1.807, 2.05) is 0 Å². The monoisotopic (exact) mass is 387 g/mol. The maximum absolute atomic E-state index is 13.5. The summed E-state index contributed by atoms with van der Waals surface area (Å²) >= 11 is 0. The van der Waals surface area contributed by atoms with Crippen molar-refractivity contribution in [1.82, 2.24) is 9.88 Å². The first-order valence-electron chi connectivity index (χ1n) is 7.90. The Morgan fingerprint density at radius 3 is 2.56 bits per heavy atom. The molecule has 1 heterocycles. The third-order valence-corrected chi connectivity index (χ3v) is 3.48. The quantitative estimate of drug-likeness (QED) is 0.740. The second-order valence-corrected chi connectivity index (χ2v) is 5.44. The lowest BCUT2D eigenvalue weighted by Gasteiger charge is -2.25. The Bertz CT molecular complexity index is 769. The highest BCUT2D eigenvalue weighted by Gasteiger charge is 2.39. The molecule has 2 rings (SSSR count). The van der Waals surface area contributed by atoms with E-state index in [-0.39, 0.29) is 23.9 Å². The van der Waals surface area contributed by atoms with Crippen LogP contribution in [0.1, 0.15) is 6.92 Å². The fraction of sp³-hybridized carbons (Fsp3) is 0.294. The van der Waals surface area contributed by atoms with Crippen molar-refractivity contribution in [2.75, 3.05) is 18.4 Å². The minimum absolute atomic E-state index is 0.00520. The van der Waals surface area contributed by atoms with Crippen LogP contribution < -0.4 is 10.1 Å². The molecule has 0 saturated carbocycles. The van der Waals surface area contributed by atoms with Crippen molar-refractivity contribution in [3.63, 3.8) is 0 Å². The molecule has 27 heavy (non-hydrogen) atoms. The zero-order valence-electron chi connectivity index (χ0n) is 14.2. The van der Waals surface area contributed by atoms with Crippen LogP contribution >= 0.6 is 0 Å². The Balaban J connectivity index is 1.98. The fourth-order valence-electron chi connectivity index (χ4n) is 2.03. The van der Waals surface area contributed by atoms with E-state index in [4.69, 9.17) is 9.84 Å². The Labute approximate surface area is 152 Å². The highest BCUT2D eigenvalue weighted by atomic mass is 19.4. The van der Waals surface area contributed by atoms with Crippen LogP contribution in [0.2, 0.25) is 0 Å². The number of amides is 2. The Kier molecular flexibility index (Phi) is 6.56. The van der Waals surface area contributed by atoms with Gasteiger partial charge >= 0.3 is 12.2 Å². The molecule has 146 valence electrons. The van der Waals surface area contributed by atoms with Crippen LogP contribution in [0.4, 0.5) is 28.2 Å². The van der Waals surface area contributed by atoms with Crippen molar-refractivity contribution in [2.24, 2.45) is 0 Å². The van der Waals surface area contributed by atoms with Crippen molar-refractivity contribution >= 4 is 11.8 Å². The number of urea groups is 1. The van der Waals surface area contributed by atoms with Crippen molar-refractivity contribution < 1.29 is 32.2 Å². The summed E-state index contributed by atoms with van der Waals surface area (Å²) in [7, 11) is 0. The average Bonchev–Trinajstić information content (AvgIpc) is 2.62. The fourth-order valence-corrected chi connectivity index (χ4v) is 2.03. The van der Waals surface area contributed by atoms with Crippen LogP contribution in [0.25, 0.3) is 0 Å². The van der Waals surface area contributed by atoms with E-state index in [2.05, 4.69) is 10.3 Å². The van der Waals surface area contributed by atoms with Gasteiger partial charge in [0, 0.05) is 6.54 Å². The second kappa shape index (κ2) is 8.67. The summed E-state index contributed by atoms with van der Waals surface area (Å²) in [6.07, 6.45) is -6.24. The average molecular weight is 387 g/mol. The molecule has 0 unspecified atom stereocenters. The minimum Gasteiger partial charge on any atom is -0.453 e. The van der Waals surface area contributed by atoms with Gasteiger partial charge in [-0.15, -0.1) is 0 Å². The van der Waals surface area contributed by atoms with E-state index in [1.54, 1.807) is 6.07 Å². The molecule has 0 spiro atoms. The van der Waals surface area contributed by atoms with Crippen molar-refractivity contribution in [1.29, 1.82) is 0 Å². The molecular weight excluding hydrogens is 370 g/mol. The van der Waals surface area contributed by atoms with E-state index >= 15 is 0 Å². The number of ether oxygens (including phenoxy) is 1. The zero-order chi connectivity index (χ0) is 20.0. The Morgan fingerprint density at radius 1 is 1.30 bits per heavy atom. The van der Waals surface area contributed by atoms with E-state index in [9.17, 15) is 22.4 Å². The number of nitrogens with one attached hydrogen (secondary N) is 1. The molecule has 2 aromatic rings. The number of nitrogens with zero attached hydrogens (tertiary/aromatic N) is 2. The first-order valence-corrected chi connectivity index (χ1v) is 7.90. The summed E-state index contributed by atoms with van der Waals surface area (Å²) in [5.41, 5.74) is 0. The van der Waals surface area contributed by atoms with Crippen LogP contribution in [-0.2, 0) is 0 Å². The smallest absolute Gasteiger partial charge is 0.416 e. The largest absolute Gasteiger partial charge is 0.453 e. The minimum atomic E-state index is -4.82. The molecular formula is C17H17F4N3O3. The molecule has 0 bridgehead atoms. The van der Waals surface area contributed by atoms with Gasteiger partial charge in [0.1, 0.15) is 11.6 Å². The molecule has 1 aromatic heterocycles. The van der Waals surface area contributed by atoms with Crippen LogP contribution in [0, 0.1) is 5.82 Å². The first kappa shape index (κ1) is 20.4. The number of pyridine rings is 1. The van der Waals surface area contributed by atoms with Gasteiger partial charge < -0.3 is 14.7 Å². The predicted molar refractivity (Wildman–Crippen MR) is 89.0 cm³/mol. The first-order chi connectivity index (χ1) is 12.7. The molecule has 0 fully saturated rings. The molecule has 6 nitrogen and oxygen atoms in total. The third kappa shape index (κ3) is 5.81. The number of likely N-dealkylation sites (N-methyl/N-ethyl adjacent to an activating group) is 1. The van der Waals surface area contributed by atoms with Gasteiger partial charge in [-0.25, -0.2) is 14.2 Å². The van der Waals surface area contributed by atoms with Gasteiger partial charge in [0.2, 0.25) is 0 Å². The normalized spacial score (nSPS) is 12.4. The maximum atomic E-state index is 13.5. The number of hydrogen-bond acceptors (Lipinski definition) is 4. The van der Waals surface area contributed by atoms with Gasteiger partial charge in [-0.05, 0) is 31.2 Å². The third-order valence-electron chi connectivity index (χ3n) is 3.48. The number of carbonyl (C=O) groups is 1. The van der Waals surface area contributed by atoms with Crippen LogP contribution in [-0.4, -0.2) is 46.4 Å². The lowest BCUT2D eigenvalue weighted by atomic mass is 10.3. The number of benzene rings is 1. The summed E-state index contributed by atoms with van der Waals surface area (Å²) in [5.74, 6) is -0.301. The van der Waals surface area contributed by atoms with Crippen molar-refractivity contribution in [3.05, 3.63) is 48.4 Å². The number of aliphatic hydroxyl groups is 1. The molecule has 0 aliphatic carbocycles. The second-order valence-electron chi connectivity index (χ2n) is 5.44. The number of aromatic nitrogens is 1. The van der Waals surface area contributed by atoms with Crippen LogP contribution in [0.3, 0.4) is 0 Å². The molecule has 0 aliphatic heterocycles. The molecule has 0 saturated heterocycles. The molecule has 1 aromatic carbocycles. The number of rotatable bonds is 6. The van der Waals surface area contributed by atoms with Gasteiger partial charge in [-0.3, -0.25) is 5.32 Å². The standard InChI is InChI=1S/C17H17F4N3O3/c1-2-24(10-14(25)17(19,20)21)16(26)23-15-8-7-11(9-22-15)27-13-6-4-3-5-12(13)18/h3-9,14,25H,2,10H2,1H3,(H,22,23,26)/t14-/m1/s1. The van der Waals surface area contributed by atoms with Crippen molar-refractivity contribution in [2.45, 2.75) is 19.2 Å². The van der Waals surface area contributed by atoms with Gasteiger partial charge in [0.25, 0.3) is 0 Å². The number of carbonyl (C=O) groups excluding carboxylic acids is 1. The number of hydrogen-bond donors (Lipinski definition) is 2. The molecule has 1 atom stereocenters. The number of para-hydroxylation sites is 1. The number of aliphatic hydroxyl groups excluding tert-OH is 1. The molecule has 0 radical (unpaired) electrons. The summed E-state index contributed by atoms with van der Waals surface area (Å²) in [4.78, 5) is 16.7. The summed E-state index contributed by atoms with van der Waals surface area (Å²) in [5, 5.41) is 11.4. The molecule has 10 heteroatoms. The summed E-state index contributed by atoms with van der Waals surface area (Å²) in [6, 6.07) is 7.67. The molecule has 2 N–H and O–H groups in total. The Hall–Kier alpha value is -2.88. The van der Waals surface area contributed by atoms with E-state index in [0.717, 1.165) is 4.90 Å². The van der Waals surface area contributed by atoms with E-state index in [0.29, 0.717) is 0 Å². The van der Waals surface area contributed by atoms with Crippen LogP contribution in [0.5, 0.6) is 11.5 Å².